The maximum atomic E-state index is 11.0. The highest BCUT2D eigenvalue weighted by molar-refractivity contribution is 7.88. The van der Waals surface area contributed by atoms with Gasteiger partial charge >= 0.3 is 0 Å². The van der Waals surface area contributed by atoms with Crippen molar-refractivity contribution in [2.24, 2.45) is 11.5 Å². The molecule has 6 nitrogen and oxygen atoms in total. The minimum Gasteiger partial charge on any atom is -0.307 e. The third kappa shape index (κ3) is 5.04. The molecular formula is C12H24N4O2S. The van der Waals surface area contributed by atoms with Crippen molar-refractivity contribution in [3.8, 4) is 0 Å². The largest absolute Gasteiger partial charge is 0.307 e. The Bertz CT molecular complexity index is 468. The first-order valence-corrected chi connectivity index (χ1v) is 8.19. The van der Waals surface area contributed by atoms with Gasteiger partial charge in [0.15, 0.2) is 0 Å². The van der Waals surface area contributed by atoms with E-state index >= 15 is 0 Å². The van der Waals surface area contributed by atoms with Gasteiger partial charge in [-0.05, 0) is 25.1 Å². The Morgan fingerprint density at radius 3 is 2.58 bits per heavy atom. The lowest BCUT2D eigenvalue weighted by atomic mass is 9.93. The molecule has 0 saturated carbocycles. The zero-order valence-electron chi connectivity index (χ0n) is 11.8. The van der Waals surface area contributed by atoms with E-state index in [-0.39, 0.29) is 6.04 Å². The molecule has 1 atom stereocenters. The molecule has 1 aliphatic rings. The highest BCUT2D eigenvalue weighted by Crippen LogP contribution is 2.19. The van der Waals surface area contributed by atoms with Gasteiger partial charge in [0.2, 0.25) is 10.0 Å². The van der Waals surface area contributed by atoms with Crippen molar-refractivity contribution < 1.29 is 8.42 Å². The van der Waals surface area contributed by atoms with Crippen LogP contribution in [0.5, 0.6) is 0 Å². The number of sulfonamides is 1. The molecule has 5 N–H and O–H groups in total. The van der Waals surface area contributed by atoms with Gasteiger partial charge in [-0.2, -0.15) is 0 Å². The Labute approximate surface area is 115 Å². The summed E-state index contributed by atoms with van der Waals surface area (Å²) >= 11 is 0. The number of rotatable bonds is 6. The molecule has 0 aromatic carbocycles. The van der Waals surface area contributed by atoms with Crippen LogP contribution in [0.15, 0.2) is 23.8 Å². The number of likely N-dealkylation sites (N-methyl/N-ethyl adjacent to an activating group) is 1. The summed E-state index contributed by atoms with van der Waals surface area (Å²) in [5, 5.41) is 0. The van der Waals surface area contributed by atoms with E-state index in [4.69, 9.17) is 11.5 Å². The predicted molar refractivity (Wildman–Crippen MR) is 77.9 cm³/mol. The van der Waals surface area contributed by atoms with Crippen LogP contribution >= 0.6 is 0 Å². The van der Waals surface area contributed by atoms with Crippen LogP contribution in [0, 0.1) is 0 Å². The van der Waals surface area contributed by atoms with E-state index in [0.29, 0.717) is 13.1 Å². The molecule has 0 aromatic rings. The van der Waals surface area contributed by atoms with Crippen molar-refractivity contribution in [2.45, 2.75) is 25.6 Å². The zero-order chi connectivity index (χ0) is 14.7. The lowest BCUT2D eigenvalue weighted by molar-refractivity contribution is 0.273. The first kappa shape index (κ1) is 16.3. The highest BCUT2D eigenvalue weighted by atomic mass is 32.2. The molecule has 0 amide bonds. The number of nitrogens with zero attached hydrogens (tertiary/aromatic N) is 1. The SMILES string of the molecule is CCN(CCNS(C)(=O)=O)C1C=CC(N)(N)C(C)=C1. The Kier molecular flexibility index (Phi) is 5.28. The van der Waals surface area contributed by atoms with Crippen molar-refractivity contribution in [3.05, 3.63) is 23.8 Å². The average Bonchev–Trinajstić information content (AvgIpc) is 2.27. The van der Waals surface area contributed by atoms with Crippen LogP contribution in [0.25, 0.3) is 0 Å². The van der Waals surface area contributed by atoms with E-state index in [1.54, 1.807) is 6.08 Å². The predicted octanol–water partition coefficient (Wildman–Crippen LogP) is -0.644. The van der Waals surface area contributed by atoms with Gasteiger partial charge in [-0.15, -0.1) is 0 Å². The molecule has 0 fully saturated rings. The summed E-state index contributed by atoms with van der Waals surface area (Å²) in [6.07, 6.45) is 6.92. The van der Waals surface area contributed by atoms with Gasteiger partial charge in [-0.3, -0.25) is 4.90 Å². The number of nitrogens with one attached hydrogen (secondary N) is 1. The van der Waals surface area contributed by atoms with Crippen LogP contribution < -0.4 is 16.2 Å². The van der Waals surface area contributed by atoms with Gasteiger partial charge in [-0.1, -0.05) is 19.1 Å². The summed E-state index contributed by atoms with van der Waals surface area (Å²) in [6.45, 7) is 5.76. The average molecular weight is 288 g/mol. The molecule has 110 valence electrons. The second-order valence-electron chi connectivity index (χ2n) is 4.93. The van der Waals surface area contributed by atoms with Gasteiger partial charge in [0.1, 0.15) is 5.66 Å². The van der Waals surface area contributed by atoms with Crippen molar-refractivity contribution >= 4 is 10.0 Å². The van der Waals surface area contributed by atoms with E-state index in [2.05, 4.69) is 9.62 Å². The second-order valence-corrected chi connectivity index (χ2v) is 6.76. The molecule has 0 saturated heterocycles. The summed E-state index contributed by atoms with van der Waals surface area (Å²) in [7, 11) is -3.14. The van der Waals surface area contributed by atoms with E-state index in [1.165, 1.54) is 0 Å². The van der Waals surface area contributed by atoms with Crippen LogP contribution in [0.1, 0.15) is 13.8 Å². The molecule has 0 aromatic heterocycles. The maximum Gasteiger partial charge on any atom is 0.208 e. The first-order valence-electron chi connectivity index (χ1n) is 6.30. The minimum atomic E-state index is -3.14. The summed E-state index contributed by atoms with van der Waals surface area (Å²) in [5.74, 6) is 0. The Morgan fingerprint density at radius 1 is 1.47 bits per heavy atom. The smallest absolute Gasteiger partial charge is 0.208 e. The van der Waals surface area contributed by atoms with Crippen LogP contribution in [0.2, 0.25) is 0 Å². The normalized spacial score (nSPS) is 22.6. The van der Waals surface area contributed by atoms with Crippen LogP contribution in [-0.4, -0.2) is 50.9 Å². The molecule has 0 radical (unpaired) electrons. The Morgan fingerprint density at radius 2 is 2.11 bits per heavy atom. The first-order chi connectivity index (χ1) is 8.65. The zero-order valence-corrected chi connectivity index (χ0v) is 12.6. The number of hydrogen-bond donors (Lipinski definition) is 3. The molecule has 0 aliphatic heterocycles. The maximum absolute atomic E-state index is 11.0. The molecule has 1 rings (SSSR count). The van der Waals surface area contributed by atoms with Gasteiger partial charge < -0.3 is 11.5 Å². The van der Waals surface area contributed by atoms with E-state index in [9.17, 15) is 8.42 Å². The van der Waals surface area contributed by atoms with Crippen molar-refractivity contribution in [3.63, 3.8) is 0 Å². The van der Waals surface area contributed by atoms with Crippen LogP contribution in [-0.2, 0) is 10.0 Å². The van der Waals surface area contributed by atoms with E-state index < -0.39 is 15.7 Å². The van der Waals surface area contributed by atoms with Crippen LogP contribution in [0.4, 0.5) is 0 Å². The van der Waals surface area contributed by atoms with E-state index in [1.807, 2.05) is 26.0 Å². The lowest BCUT2D eigenvalue weighted by Crippen LogP contribution is -2.51. The van der Waals surface area contributed by atoms with Crippen LogP contribution in [0.3, 0.4) is 0 Å². The third-order valence-corrected chi connectivity index (χ3v) is 3.99. The molecule has 19 heavy (non-hydrogen) atoms. The van der Waals surface area contributed by atoms with Crippen molar-refractivity contribution in [1.29, 1.82) is 0 Å². The topological polar surface area (TPSA) is 101 Å². The third-order valence-electron chi connectivity index (χ3n) is 3.26. The van der Waals surface area contributed by atoms with Gasteiger partial charge in [0, 0.05) is 19.1 Å². The fraction of sp³-hybridized carbons (Fsp3) is 0.667. The monoisotopic (exact) mass is 288 g/mol. The molecule has 1 unspecified atom stereocenters. The van der Waals surface area contributed by atoms with E-state index in [0.717, 1.165) is 18.4 Å². The fourth-order valence-corrected chi connectivity index (χ4v) is 2.43. The standard InChI is InChI=1S/C12H24N4O2S/c1-4-16(8-7-15-19(3,17)18)11-5-6-12(13,14)10(2)9-11/h5-6,9,11,15H,4,7-8,13-14H2,1-3H3. The summed E-state index contributed by atoms with van der Waals surface area (Å²) in [4.78, 5) is 2.15. The molecule has 0 heterocycles. The molecule has 0 bridgehead atoms. The van der Waals surface area contributed by atoms with Gasteiger partial charge in [0.25, 0.3) is 0 Å². The quantitative estimate of drug-likeness (QED) is 0.445. The lowest BCUT2D eigenvalue weighted by Gasteiger charge is -2.33. The molecule has 0 spiro atoms. The molecular weight excluding hydrogens is 264 g/mol. The van der Waals surface area contributed by atoms with Gasteiger partial charge in [-0.25, -0.2) is 13.1 Å². The minimum absolute atomic E-state index is 0.103. The summed E-state index contributed by atoms with van der Waals surface area (Å²) in [5.41, 5.74) is 11.8. The Hall–Kier alpha value is -0.730. The highest BCUT2D eigenvalue weighted by Gasteiger charge is 2.25. The second kappa shape index (κ2) is 6.15. The summed E-state index contributed by atoms with van der Waals surface area (Å²) in [6, 6.07) is 0.103. The number of nitrogens with two attached hydrogens (primary N) is 2. The molecule has 1 aliphatic carbocycles. The van der Waals surface area contributed by atoms with Crippen molar-refractivity contribution in [1.82, 2.24) is 9.62 Å². The van der Waals surface area contributed by atoms with Crippen molar-refractivity contribution in [2.75, 3.05) is 25.9 Å². The van der Waals surface area contributed by atoms with Gasteiger partial charge in [0.05, 0.1) is 6.26 Å². The summed E-state index contributed by atoms with van der Waals surface area (Å²) < 4.78 is 24.5. The Balaban J connectivity index is 2.62. The molecule has 7 heteroatoms. The fourth-order valence-electron chi connectivity index (χ4n) is 1.97. The number of hydrogen-bond acceptors (Lipinski definition) is 5.